The van der Waals surface area contributed by atoms with Crippen molar-refractivity contribution < 1.29 is 19.5 Å². The summed E-state index contributed by atoms with van der Waals surface area (Å²) in [6.07, 6.45) is 21.4. The highest BCUT2D eigenvalue weighted by Crippen LogP contribution is 2.19. The summed E-state index contributed by atoms with van der Waals surface area (Å²) in [7, 11) is 0. The number of aliphatic hydroxyl groups excluding tert-OH is 1. The molecule has 1 unspecified atom stereocenters. The van der Waals surface area contributed by atoms with Crippen LogP contribution >= 0.6 is 0 Å². The van der Waals surface area contributed by atoms with Gasteiger partial charge in [0, 0.05) is 0 Å². The first-order valence-electron chi connectivity index (χ1n) is 13.8. The molecule has 0 aliphatic carbocycles. The van der Waals surface area contributed by atoms with Gasteiger partial charge in [0.05, 0.1) is 19.6 Å². The van der Waals surface area contributed by atoms with Gasteiger partial charge in [-0.05, 0) is 38.5 Å². The Morgan fingerprint density at radius 1 is 0.581 bits per heavy atom. The number of nitrogens with zero attached hydrogens (tertiary/aromatic N) is 1. The fraction of sp³-hybridized carbons (Fsp3) is 0.963. The average Bonchev–Trinajstić information content (AvgIpc) is 2.75. The molecule has 1 atom stereocenters. The van der Waals surface area contributed by atoms with E-state index in [1.807, 2.05) is 0 Å². The standard InChI is InChI=1S/C27H55NO3/c1-4-7-10-13-16-19-22-28(25-26(29)27(30)31,23-20-17-14-11-8-5-2)24-21-18-15-12-9-6-3/h26,29H,4-25H2,1-3H3/p+1. The predicted molar refractivity (Wildman–Crippen MR) is 133 cm³/mol. The van der Waals surface area contributed by atoms with E-state index in [0.717, 1.165) is 43.4 Å². The van der Waals surface area contributed by atoms with Gasteiger partial charge < -0.3 is 14.7 Å². The first-order chi connectivity index (χ1) is 15.0. The van der Waals surface area contributed by atoms with Crippen molar-refractivity contribution in [1.82, 2.24) is 0 Å². The zero-order valence-electron chi connectivity index (χ0n) is 21.4. The Balaban J connectivity index is 4.86. The largest absolute Gasteiger partial charge is 0.479 e. The van der Waals surface area contributed by atoms with E-state index in [-0.39, 0.29) is 0 Å². The maximum atomic E-state index is 11.5. The van der Waals surface area contributed by atoms with Gasteiger partial charge in [0.25, 0.3) is 0 Å². The van der Waals surface area contributed by atoms with Crippen LogP contribution in [-0.2, 0) is 4.79 Å². The normalized spacial score (nSPS) is 12.9. The molecule has 0 aliphatic rings. The molecule has 4 heteroatoms. The van der Waals surface area contributed by atoms with Crippen LogP contribution in [0.5, 0.6) is 0 Å². The number of aliphatic carboxylic acids is 1. The van der Waals surface area contributed by atoms with Crippen molar-refractivity contribution in [2.24, 2.45) is 0 Å². The number of carbonyl (C=O) groups is 1. The van der Waals surface area contributed by atoms with Crippen LogP contribution in [-0.4, -0.2) is 52.9 Å². The number of rotatable bonds is 24. The van der Waals surface area contributed by atoms with Gasteiger partial charge in [-0.3, -0.25) is 0 Å². The molecular formula is C27H56NO3+. The van der Waals surface area contributed by atoms with Crippen molar-refractivity contribution in [1.29, 1.82) is 0 Å². The van der Waals surface area contributed by atoms with Crippen molar-refractivity contribution in [3.8, 4) is 0 Å². The number of carboxylic acids is 1. The van der Waals surface area contributed by atoms with Crippen molar-refractivity contribution in [2.75, 3.05) is 26.2 Å². The number of aliphatic hydroxyl groups is 1. The summed E-state index contributed by atoms with van der Waals surface area (Å²) in [5, 5.41) is 19.7. The van der Waals surface area contributed by atoms with Crippen LogP contribution in [0, 0.1) is 0 Å². The Bertz CT molecular complexity index is 359. The van der Waals surface area contributed by atoms with Gasteiger partial charge in [0.15, 0.2) is 0 Å². The molecule has 31 heavy (non-hydrogen) atoms. The van der Waals surface area contributed by atoms with Crippen LogP contribution in [0.25, 0.3) is 0 Å². The Morgan fingerprint density at radius 2 is 0.871 bits per heavy atom. The molecule has 0 aliphatic heterocycles. The van der Waals surface area contributed by atoms with E-state index in [1.165, 1.54) is 96.3 Å². The number of unbranched alkanes of at least 4 members (excludes halogenated alkanes) is 15. The van der Waals surface area contributed by atoms with Gasteiger partial charge in [-0.1, -0.05) is 97.8 Å². The quantitative estimate of drug-likeness (QED) is 0.121. The maximum Gasteiger partial charge on any atom is 0.338 e. The van der Waals surface area contributed by atoms with Gasteiger partial charge >= 0.3 is 5.97 Å². The molecule has 0 bridgehead atoms. The molecule has 0 aromatic heterocycles. The molecule has 0 heterocycles. The number of hydrogen-bond acceptors (Lipinski definition) is 2. The van der Waals surface area contributed by atoms with E-state index in [4.69, 9.17) is 0 Å². The average molecular weight is 443 g/mol. The molecule has 0 aromatic rings. The minimum absolute atomic E-state index is 0.383. The molecule has 4 nitrogen and oxygen atoms in total. The maximum absolute atomic E-state index is 11.5. The predicted octanol–water partition coefficient (Wildman–Crippen LogP) is 7.33. The third kappa shape index (κ3) is 17.6. The lowest BCUT2D eigenvalue weighted by atomic mass is 10.1. The molecule has 0 aromatic carbocycles. The molecule has 0 amide bonds. The lowest BCUT2D eigenvalue weighted by Gasteiger charge is -2.40. The van der Waals surface area contributed by atoms with E-state index in [2.05, 4.69) is 20.8 Å². The van der Waals surface area contributed by atoms with Gasteiger partial charge in [-0.15, -0.1) is 0 Å². The Kier molecular flexibility index (Phi) is 20.8. The molecule has 186 valence electrons. The van der Waals surface area contributed by atoms with E-state index in [9.17, 15) is 15.0 Å². The lowest BCUT2D eigenvalue weighted by molar-refractivity contribution is -0.930. The molecule has 0 rings (SSSR count). The summed E-state index contributed by atoms with van der Waals surface area (Å²) < 4.78 is 0.808. The number of hydrogen-bond donors (Lipinski definition) is 2. The van der Waals surface area contributed by atoms with E-state index < -0.39 is 12.1 Å². The summed E-state index contributed by atoms with van der Waals surface area (Å²) in [4.78, 5) is 11.5. The fourth-order valence-corrected chi connectivity index (χ4v) is 4.74. The van der Waals surface area contributed by atoms with Gasteiger partial charge in [0.2, 0.25) is 6.10 Å². The van der Waals surface area contributed by atoms with Crippen LogP contribution < -0.4 is 0 Å². The highest BCUT2D eigenvalue weighted by atomic mass is 16.4. The summed E-state index contributed by atoms with van der Waals surface area (Å²) in [6.45, 7) is 10.2. The second kappa shape index (κ2) is 21.2. The van der Waals surface area contributed by atoms with Gasteiger partial charge in [-0.25, -0.2) is 4.79 Å². The molecule has 0 saturated carbocycles. The minimum atomic E-state index is -1.24. The Morgan fingerprint density at radius 3 is 1.16 bits per heavy atom. The summed E-state index contributed by atoms with van der Waals surface area (Å²) in [5.74, 6) is -1.06. The monoisotopic (exact) mass is 442 g/mol. The molecule has 2 N–H and O–H groups in total. The topological polar surface area (TPSA) is 57.5 Å². The zero-order valence-corrected chi connectivity index (χ0v) is 21.4. The first kappa shape index (κ1) is 30.4. The van der Waals surface area contributed by atoms with Crippen molar-refractivity contribution in [2.45, 2.75) is 142 Å². The van der Waals surface area contributed by atoms with Crippen molar-refractivity contribution >= 4 is 5.97 Å². The van der Waals surface area contributed by atoms with Crippen LogP contribution in [0.4, 0.5) is 0 Å². The minimum Gasteiger partial charge on any atom is -0.479 e. The smallest absolute Gasteiger partial charge is 0.338 e. The van der Waals surface area contributed by atoms with Crippen LogP contribution in [0.1, 0.15) is 136 Å². The van der Waals surface area contributed by atoms with E-state index >= 15 is 0 Å². The van der Waals surface area contributed by atoms with Gasteiger partial charge in [-0.2, -0.15) is 0 Å². The summed E-state index contributed by atoms with van der Waals surface area (Å²) in [6, 6.07) is 0. The Hall–Kier alpha value is -0.610. The van der Waals surface area contributed by atoms with Crippen LogP contribution in [0.2, 0.25) is 0 Å². The van der Waals surface area contributed by atoms with Crippen LogP contribution in [0.15, 0.2) is 0 Å². The lowest BCUT2D eigenvalue weighted by Crippen LogP contribution is -2.55. The molecule has 0 spiro atoms. The summed E-state index contributed by atoms with van der Waals surface area (Å²) >= 11 is 0. The molecule has 0 fully saturated rings. The van der Waals surface area contributed by atoms with Crippen molar-refractivity contribution in [3.63, 3.8) is 0 Å². The van der Waals surface area contributed by atoms with E-state index in [1.54, 1.807) is 0 Å². The highest BCUT2D eigenvalue weighted by molar-refractivity contribution is 5.71. The summed E-state index contributed by atoms with van der Waals surface area (Å²) in [5.41, 5.74) is 0. The molecule has 0 saturated heterocycles. The third-order valence-corrected chi connectivity index (χ3v) is 6.80. The van der Waals surface area contributed by atoms with Crippen LogP contribution in [0.3, 0.4) is 0 Å². The number of carboxylic acid groups (broad SMARTS) is 1. The second-order valence-corrected chi connectivity index (χ2v) is 9.85. The fourth-order valence-electron chi connectivity index (χ4n) is 4.74. The zero-order chi connectivity index (χ0) is 23.2. The SMILES string of the molecule is CCCCCCCC[N+](CCCCCCCC)(CCCCCCCC)CC(O)C(=O)O. The number of quaternary nitrogens is 1. The first-order valence-corrected chi connectivity index (χ1v) is 13.8. The van der Waals surface area contributed by atoms with Crippen molar-refractivity contribution in [3.05, 3.63) is 0 Å². The van der Waals surface area contributed by atoms with Gasteiger partial charge in [0.1, 0.15) is 6.54 Å². The third-order valence-electron chi connectivity index (χ3n) is 6.80. The highest BCUT2D eigenvalue weighted by Gasteiger charge is 2.32. The van der Waals surface area contributed by atoms with E-state index in [0.29, 0.717) is 6.54 Å². The molecular weight excluding hydrogens is 386 g/mol. The second-order valence-electron chi connectivity index (χ2n) is 9.85. The molecule has 0 radical (unpaired) electrons. The Labute approximate surface area is 194 Å².